The summed E-state index contributed by atoms with van der Waals surface area (Å²) in [7, 11) is 0. The van der Waals surface area contributed by atoms with Crippen LogP contribution in [0.5, 0.6) is 0 Å². The molecule has 3 atom stereocenters. The molecule has 0 heteroatoms. The smallest absolute Gasteiger partial charge is 0.0140 e. The molecule has 3 saturated carbocycles. The quantitative estimate of drug-likeness (QED) is 0.516. The van der Waals surface area contributed by atoms with E-state index < -0.39 is 0 Å². The molecule has 0 aromatic heterocycles. The second-order valence-corrected chi connectivity index (χ2v) is 7.58. The van der Waals surface area contributed by atoms with Gasteiger partial charge in [-0.2, -0.15) is 0 Å². The highest BCUT2D eigenvalue weighted by molar-refractivity contribution is 5.35. The van der Waals surface area contributed by atoms with Crippen LogP contribution in [0.2, 0.25) is 0 Å². The van der Waals surface area contributed by atoms with Gasteiger partial charge in [-0.3, -0.25) is 0 Å². The largest absolute Gasteiger partial charge is 0.103 e. The Morgan fingerprint density at radius 1 is 1.05 bits per heavy atom. The third-order valence-corrected chi connectivity index (χ3v) is 6.45. The van der Waals surface area contributed by atoms with Gasteiger partial charge in [0.05, 0.1) is 0 Å². The van der Waals surface area contributed by atoms with Crippen molar-refractivity contribution in [2.24, 2.45) is 17.3 Å². The lowest BCUT2D eigenvalue weighted by molar-refractivity contribution is 0.162. The first-order chi connectivity index (χ1) is 10.1. The van der Waals surface area contributed by atoms with Crippen molar-refractivity contribution in [2.75, 3.05) is 0 Å². The van der Waals surface area contributed by atoms with E-state index in [-0.39, 0.29) is 0 Å². The third-order valence-electron chi connectivity index (χ3n) is 6.45. The van der Waals surface area contributed by atoms with Crippen molar-refractivity contribution >= 4 is 0 Å². The number of rotatable bonds is 2. The van der Waals surface area contributed by atoms with E-state index in [0.717, 1.165) is 11.8 Å². The average molecular weight is 282 g/mol. The minimum absolute atomic E-state index is 0.480. The van der Waals surface area contributed by atoms with Crippen molar-refractivity contribution in [1.29, 1.82) is 0 Å². The molecular weight excluding hydrogens is 252 g/mol. The predicted octanol–water partition coefficient (Wildman–Crippen LogP) is 6.37. The summed E-state index contributed by atoms with van der Waals surface area (Å²) >= 11 is 0. The molecule has 3 rings (SSSR count). The first-order valence-electron chi connectivity index (χ1n) is 8.85. The van der Waals surface area contributed by atoms with Crippen LogP contribution in [-0.4, -0.2) is 0 Å². The van der Waals surface area contributed by atoms with Crippen LogP contribution in [0.15, 0.2) is 48.1 Å². The van der Waals surface area contributed by atoms with Gasteiger partial charge >= 0.3 is 0 Å². The standard InChI is InChI=1S/C21H30/c1-4-19-13-14-20-18(10-7-15-21(19,20)3)12-11-17-9-6-5-8-16(17)2/h4,11-12,19-20H,1-2,5-10,13-15H2,3H3/t19-,20-,21+/m0/s1. The van der Waals surface area contributed by atoms with Crippen LogP contribution in [0.3, 0.4) is 0 Å². The Bertz CT molecular complexity index is 490. The Kier molecular flexibility index (Phi) is 4.24. The maximum atomic E-state index is 4.25. The Labute approximate surface area is 130 Å². The van der Waals surface area contributed by atoms with E-state index >= 15 is 0 Å². The van der Waals surface area contributed by atoms with E-state index in [4.69, 9.17) is 0 Å². The monoisotopic (exact) mass is 282 g/mol. The molecule has 0 nitrogen and oxygen atoms in total. The molecule has 0 unspecified atom stereocenters. The Morgan fingerprint density at radius 2 is 1.86 bits per heavy atom. The van der Waals surface area contributed by atoms with Crippen LogP contribution in [0.25, 0.3) is 0 Å². The van der Waals surface area contributed by atoms with E-state index in [1.54, 1.807) is 5.57 Å². The zero-order valence-electron chi connectivity index (χ0n) is 13.7. The molecule has 0 aromatic rings. The molecule has 21 heavy (non-hydrogen) atoms. The van der Waals surface area contributed by atoms with Crippen molar-refractivity contribution in [3.05, 3.63) is 48.1 Å². The molecule has 0 amide bonds. The first-order valence-corrected chi connectivity index (χ1v) is 8.85. The molecule has 0 N–H and O–H groups in total. The lowest BCUT2D eigenvalue weighted by Gasteiger charge is -2.41. The van der Waals surface area contributed by atoms with Crippen molar-refractivity contribution in [3.8, 4) is 0 Å². The van der Waals surface area contributed by atoms with Crippen molar-refractivity contribution in [2.45, 2.75) is 64.7 Å². The predicted molar refractivity (Wildman–Crippen MR) is 92.1 cm³/mol. The summed E-state index contributed by atoms with van der Waals surface area (Å²) in [6.07, 6.45) is 19.0. The van der Waals surface area contributed by atoms with E-state index in [1.807, 2.05) is 0 Å². The molecule has 0 radical (unpaired) electrons. The molecule has 3 fully saturated rings. The Hall–Kier alpha value is -1.04. The van der Waals surface area contributed by atoms with Gasteiger partial charge < -0.3 is 0 Å². The highest BCUT2D eigenvalue weighted by atomic mass is 14.5. The maximum Gasteiger partial charge on any atom is -0.0140 e. The maximum absolute atomic E-state index is 4.25. The van der Waals surface area contributed by atoms with Crippen LogP contribution < -0.4 is 0 Å². The van der Waals surface area contributed by atoms with Gasteiger partial charge in [-0.05, 0) is 80.6 Å². The minimum Gasteiger partial charge on any atom is -0.103 e. The highest BCUT2D eigenvalue weighted by Crippen LogP contribution is 2.57. The number of hydrogen-bond donors (Lipinski definition) is 0. The van der Waals surface area contributed by atoms with Gasteiger partial charge in [0.2, 0.25) is 0 Å². The highest BCUT2D eigenvalue weighted by Gasteiger charge is 2.47. The van der Waals surface area contributed by atoms with Gasteiger partial charge in [0.25, 0.3) is 0 Å². The summed E-state index contributed by atoms with van der Waals surface area (Å²) in [6, 6.07) is 0. The minimum atomic E-state index is 0.480. The van der Waals surface area contributed by atoms with E-state index in [1.165, 1.54) is 68.9 Å². The summed E-state index contributed by atoms with van der Waals surface area (Å²) in [5.41, 5.74) is 5.08. The van der Waals surface area contributed by atoms with E-state index in [9.17, 15) is 0 Å². The van der Waals surface area contributed by atoms with E-state index in [2.05, 4.69) is 38.3 Å². The van der Waals surface area contributed by atoms with Crippen LogP contribution in [0, 0.1) is 17.3 Å². The molecule has 0 bridgehead atoms. The second kappa shape index (κ2) is 5.99. The van der Waals surface area contributed by atoms with Crippen LogP contribution >= 0.6 is 0 Å². The summed E-state index contributed by atoms with van der Waals surface area (Å²) in [4.78, 5) is 0. The van der Waals surface area contributed by atoms with Gasteiger partial charge in [-0.1, -0.05) is 42.9 Å². The molecule has 0 heterocycles. The van der Waals surface area contributed by atoms with Crippen LogP contribution in [-0.2, 0) is 0 Å². The average Bonchev–Trinajstić information content (AvgIpc) is 2.83. The Balaban J connectivity index is 1.82. The summed E-state index contributed by atoms with van der Waals surface area (Å²) < 4.78 is 0. The number of hydrogen-bond acceptors (Lipinski definition) is 0. The fourth-order valence-electron chi connectivity index (χ4n) is 5.07. The molecule has 3 aliphatic carbocycles. The van der Waals surface area contributed by atoms with Crippen LogP contribution in [0.1, 0.15) is 64.7 Å². The first kappa shape index (κ1) is 14.9. The van der Waals surface area contributed by atoms with Crippen molar-refractivity contribution < 1.29 is 0 Å². The summed E-state index contributed by atoms with van der Waals surface area (Å²) in [5.74, 6) is 1.52. The summed E-state index contributed by atoms with van der Waals surface area (Å²) in [5, 5.41) is 0. The SMILES string of the molecule is C=C[C@H]1CC[C@H]2C(=CC=C3CCCCC3=C)CCC[C@]12C. The van der Waals surface area contributed by atoms with Gasteiger partial charge in [-0.15, -0.1) is 6.58 Å². The lowest BCUT2D eigenvalue weighted by Crippen LogP contribution is -2.32. The number of allylic oxidation sites excluding steroid dienone is 6. The van der Waals surface area contributed by atoms with Crippen LogP contribution in [0.4, 0.5) is 0 Å². The second-order valence-electron chi connectivity index (χ2n) is 7.58. The molecule has 0 saturated heterocycles. The summed E-state index contributed by atoms with van der Waals surface area (Å²) in [6.45, 7) is 10.9. The van der Waals surface area contributed by atoms with E-state index in [0.29, 0.717) is 5.41 Å². The zero-order chi connectivity index (χ0) is 14.9. The van der Waals surface area contributed by atoms with Gasteiger partial charge in [-0.25, -0.2) is 0 Å². The number of fused-ring (bicyclic) bond motifs is 1. The fourth-order valence-corrected chi connectivity index (χ4v) is 5.07. The normalized spacial score (nSPS) is 40.5. The van der Waals surface area contributed by atoms with Crippen molar-refractivity contribution in [3.63, 3.8) is 0 Å². The third kappa shape index (κ3) is 2.70. The molecule has 0 aliphatic heterocycles. The fraction of sp³-hybridized carbons (Fsp3) is 0.619. The lowest BCUT2D eigenvalue weighted by atomic mass is 9.63. The van der Waals surface area contributed by atoms with Gasteiger partial charge in [0.15, 0.2) is 0 Å². The molecule has 0 aromatic carbocycles. The topological polar surface area (TPSA) is 0 Å². The molecule has 3 aliphatic rings. The Morgan fingerprint density at radius 3 is 2.62 bits per heavy atom. The zero-order valence-corrected chi connectivity index (χ0v) is 13.7. The molecule has 0 spiro atoms. The van der Waals surface area contributed by atoms with Gasteiger partial charge in [0.1, 0.15) is 0 Å². The molecule has 114 valence electrons. The molecular formula is C21H30. The van der Waals surface area contributed by atoms with Crippen molar-refractivity contribution in [1.82, 2.24) is 0 Å². The van der Waals surface area contributed by atoms with Gasteiger partial charge in [0, 0.05) is 0 Å².